The Morgan fingerprint density at radius 1 is 1.19 bits per heavy atom. The van der Waals surface area contributed by atoms with Crippen molar-refractivity contribution in [1.29, 1.82) is 0 Å². The first kappa shape index (κ1) is 15.8. The summed E-state index contributed by atoms with van der Waals surface area (Å²) in [6.07, 6.45) is 5.12. The maximum atomic E-state index is 12.6. The minimum Gasteiger partial charge on any atom is -0.454 e. The molecule has 5 rings (SSSR count). The van der Waals surface area contributed by atoms with Crippen molar-refractivity contribution >= 4 is 17.3 Å². The van der Waals surface area contributed by atoms with Gasteiger partial charge in [0.1, 0.15) is 5.56 Å². The van der Waals surface area contributed by atoms with E-state index >= 15 is 0 Å². The molecule has 0 saturated carbocycles. The summed E-state index contributed by atoms with van der Waals surface area (Å²) >= 11 is 0. The van der Waals surface area contributed by atoms with Crippen molar-refractivity contribution in [1.82, 2.24) is 19.9 Å². The number of hydrogen-bond acceptors (Lipinski definition) is 6. The van der Waals surface area contributed by atoms with E-state index in [1.54, 1.807) is 10.7 Å². The maximum absolute atomic E-state index is 12.6. The van der Waals surface area contributed by atoms with Crippen molar-refractivity contribution in [2.24, 2.45) is 0 Å². The van der Waals surface area contributed by atoms with E-state index in [4.69, 9.17) is 9.47 Å². The molecule has 1 aliphatic carbocycles. The summed E-state index contributed by atoms with van der Waals surface area (Å²) < 4.78 is 12.3. The van der Waals surface area contributed by atoms with E-state index < -0.39 is 0 Å². The lowest BCUT2D eigenvalue weighted by atomic mass is 9.96. The van der Waals surface area contributed by atoms with Crippen molar-refractivity contribution in [2.75, 3.05) is 6.79 Å². The summed E-state index contributed by atoms with van der Waals surface area (Å²) in [7, 11) is 0. The number of aryl methyl sites for hydroxylation is 1. The number of nitrogens with zero attached hydrogens (tertiary/aromatic N) is 3. The third kappa shape index (κ3) is 2.61. The van der Waals surface area contributed by atoms with E-state index in [2.05, 4.69) is 15.4 Å². The van der Waals surface area contributed by atoms with Gasteiger partial charge in [0.15, 0.2) is 22.9 Å². The van der Waals surface area contributed by atoms with Gasteiger partial charge in [-0.15, -0.1) is 0 Å². The molecule has 1 aromatic carbocycles. The Hall–Kier alpha value is -3.42. The van der Waals surface area contributed by atoms with Gasteiger partial charge in [0.2, 0.25) is 6.79 Å². The average Bonchev–Trinajstić information content (AvgIpc) is 3.32. The van der Waals surface area contributed by atoms with Crippen LogP contribution in [0.3, 0.4) is 0 Å². The summed E-state index contributed by atoms with van der Waals surface area (Å²) in [6.45, 7) is 0.558. The van der Waals surface area contributed by atoms with Crippen molar-refractivity contribution in [3.63, 3.8) is 0 Å². The highest BCUT2D eigenvalue weighted by Crippen LogP contribution is 2.32. The molecule has 3 aromatic rings. The number of carbonyl (C=O) groups is 2. The van der Waals surface area contributed by atoms with Gasteiger partial charge in [0.25, 0.3) is 5.91 Å². The van der Waals surface area contributed by atoms with Gasteiger partial charge < -0.3 is 14.8 Å². The fourth-order valence-electron chi connectivity index (χ4n) is 3.49. The largest absolute Gasteiger partial charge is 0.454 e. The first-order valence-electron chi connectivity index (χ1n) is 8.76. The van der Waals surface area contributed by atoms with Crippen molar-refractivity contribution in [3.05, 3.63) is 53.0 Å². The smallest absolute Gasteiger partial charge is 0.257 e. The maximum Gasteiger partial charge on any atom is 0.257 e. The number of ether oxygens (including phenoxy) is 2. The summed E-state index contributed by atoms with van der Waals surface area (Å²) in [6, 6.07) is 5.55. The molecule has 1 amide bonds. The van der Waals surface area contributed by atoms with Crippen molar-refractivity contribution < 1.29 is 19.1 Å². The molecule has 0 saturated heterocycles. The molecule has 136 valence electrons. The Morgan fingerprint density at radius 2 is 2.07 bits per heavy atom. The molecule has 0 atom stereocenters. The van der Waals surface area contributed by atoms with Crippen LogP contribution < -0.4 is 14.8 Å². The van der Waals surface area contributed by atoms with E-state index in [1.807, 2.05) is 18.2 Å². The van der Waals surface area contributed by atoms with Gasteiger partial charge in [-0.1, -0.05) is 6.07 Å². The average molecular weight is 364 g/mol. The normalized spacial score (nSPS) is 15.0. The van der Waals surface area contributed by atoms with Crippen LogP contribution in [0.5, 0.6) is 11.5 Å². The van der Waals surface area contributed by atoms with E-state index in [-0.39, 0.29) is 18.5 Å². The van der Waals surface area contributed by atoms with Crippen LogP contribution in [0.25, 0.3) is 5.65 Å². The number of ketones is 1. The van der Waals surface area contributed by atoms with Crippen LogP contribution in [0, 0.1) is 0 Å². The predicted octanol–water partition coefficient (Wildman–Crippen LogP) is 1.91. The Kier molecular flexibility index (Phi) is 3.56. The Bertz CT molecular complexity index is 1090. The van der Waals surface area contributed by atoms with Crippen LogP contribution in [0.15, 0.2) is 30.6 Å². The van der Waals surface area contributed by atoms with Gasteiger partial charge in [-0.25, -0.2) is 9.50 Å². The number of fused-ring (bicyclic) bond motifs is 4. The second-order valence-corrected chi connectivity index (χ2v) is 6.56. The SMILES string of the molecule is O=C1CCCc2c1cnc1c(C(=O)NCc3ccc4c(c3)OCO4)cnn21. The lowest BCUT2D eigenvalue weighted by Crippen LogP contribution is -2.23. The third-order valence-corrected chi connectivity index (χ3v) is 4.88. The zero-order valence-electron chi connectivity index (χ0n) is 14.4. The Balaban J connectivity index is 1.39. The summed E-state index contributed by atoms with van der Waals surface area (Å²) in [4.78, 5) is 29.0. The zero-order chi connectivity index (χ0) is 18.4. The monoisotopic (exact) mass is 364 g/mol. The fraction of sp³-hybridized carbons (Fsp3) is 0.263. The highest BCUT2D eigenvalue weighted by Gasteiger charge is 2.23. The number of carbonyl (C=O) groups excluding carboxylic acids is 2. The van der Waals surface area contributed by atoms with Crippen LogP contribution >= 0.6 is 0 Å². The quantitative estimate of drug-likeness (QED) is 0.763. The molecule has 2 aromatic heterocycles. The fourth-order valence-corrected chi connectivity index (χ4v) is 3.49. The first-order chi connectivity index (χ1) is 13.2. The molecule has 0 unspecified atom stereocenters. The number of rotatable bonds is 3. The summed E-state index contributed by atoms with van der Waals surface area (Å²) in [5, 5.41) is 7.17. The summed E-state index contributed by atoms with van der Waals surface area (Å²) in [5.74, 6) is 1.19. The van der Waals surface area contributed by atoms with Crippen LogP contribution in [0.1, 0.15) is 44.8 Å². The Labute approximate surface area is 154 Å². The van der Waals surface area contributed by atoms with Crippen molar-refractivity contribution in [3.8, 4) is 11.5 Å². The molecule has 3 heterocycles. The van der Waals surface area contributed by atoms with Crippen LogP contribution in [-0.4, -0.2) is 33.1 Å². The molecule has 0 spiro atoms. The summed E-state index contributed by atoms with van der Waals surface area (Å²) in [5.41, 5.74) is 3.18. The number of amides is 1. The second kappa shape index (κ2) is 6.08. The van der Waals surface area contributed by atoms with Gasteiger partial charge in [0.05, 0.1) is 17.5 Å². The molecule has 0 radical (unpaired) electrons. The minimum atomic E-state index is -0.266. The van der Waals surface area contributed by atoms with Crippen molar-refractivity contribution in [2.45, 2.75) is 25.8 Å². The molecular weight excluding hydrogens is 348 g/mol. The molecule has 0 bridgehead atoms. The van der Waals surface area contributed by atoms with Crippen LogP contribution in [0.2, 0.25) is 0 Å². The van der Waals surface area contributed by atoms with E-state index in [0.717, 1.165) is 24.1 Å². The zero-order valence-corrected chi connectivity index (χ0v) is 14.4. The van der Waals surface area contributed by atoms with Gasteiger partial charge in [0, 0.05) is 19.2 Å². The highest BCUT2D eigenvalue weighted by molar-refractivity contribution is 6.01. The Morgan fingerprint density at radius 3 is 3.00 bits per heavy atom. The molecule has 1 N–H and O–H groups in total. The van der Waals surface area contributed by atoms with E-state index in [0.29, 0.717) is 41.2 Å². The lowest BCUT2D eigenvalue weighted by Gasteiger charge is -2.14. The lowest BCUT2D eigenvalue weighted by molar-refractivity contribution is 0.0950. The molecule has 8 nitrogen and oxygen atoms in total. The topological polar surface area (TPSA) is 94.8 Å². The van der Waals surface area contributed by atoms with Crippen LogP contribution in [0.4, 0.5) is 0 Å². The van der Waals surface area contributed by atoms with Crippen LogP contribution in [-0.2, 0) is 13.0 Å². The number of aromatic nitrogens is 3. The van der Waals surface area contributed by atoms with Gasteiger partial charge in [-0.3, -0.25) is 9.59 Å². The highest BCUT2D eigenvalue weighted by atomic mass is 16.7. The predicted molar refractivity (Wildman–Crippen MR) is 94.0 cm³/mol. The minimum absolute atomic E-state index is 0.0787. The number of benzene rings is 1. The standard InChI is InChI=1S/C19H16N4O4/c24-15-3-1-2-14-12(15)8-20-18-13(9-22-23(14)18)19(25)21-7-11-4-5-16-17(6-11)27-10-26-16/h4-6,8-9H,1-3,7,10H2,(H,21,25). The molecule has 2 aliphatic rings. The second-order valence-electron chi connectivity index (χ2n) is 6.56. The molecule has 0 fully saturated rings. The number of nitrogens with one attached hydrogen (secondary N) is 1. The van der Waals surface area contributed by atoms with Gasteiger partial charge in [-0.2, -0.15) is 5.10 Å². The third-order valence-electron chi connectivity index (χ3n) is 4.88. The van der Waals surface area contributed by atoms with E-state index in [1.165, 1.54) is 6.20 Å². The van der Waals surface area contributed by atoms with Gasteiger partial charge >= 0.3 is 0 Å². The first-order valence-corrected chi connectivity index (χ1v) is 8.76. The molecule has 27 heavy (non-hydrogen) atoms. The molecular formula is C19H16N4O4. The van der Waals surface area contributed by atoms with E-state index in [9.17, 15) is 9.59 Å². The number of Topliss-reactive ketones (excluding diaryl/α,β-unsaturated/α-hetero) is 1. The molecule has 1 aliphatic heterocycles. The number of hydrogen-bond donors (Lipinski definition) is 1. The molecule has 8 heteroatoms. The van der Waals surface area contributed by atoms with Gasteiger partial charge in [-0.05, 0) is 30.5 Å².